The lowest BCUT2D eigenvalue weighted by Gasteiger charge is -2.42. The zero-order valence-electron chi connectivity index (χ0n) is 12.9. The summed E-state index contributed by atoms with van der Waals surface area (Å²) in [6, 6.07) is 1.36. The number of pyridine rings is 1. The molecule has 3 heterocycles. The van der Waals surface area contributed by atoms with E-state index in [1.165, 1.54) is 32.5 Å². The van der Waals surface area contributed by atoms with Crippen molar-refractivity contribution in [3.63, 3.8) is 0 Å². The zero-order chi connectivity index (χ0) is 14.3. The molecule has 110 valence electrons. The van der Waals surface area contributed by atoms with Gasteiger partial charge < -0.3 is 5.73 Å². The van der Waals surface area contributed by atoms with Crippen molar-refractivity contribution < 1.29 is 0 Å². The summed E-state index contributed by atoms with van der Waals surface area (Å²) in [6.07, 6.45) is 4.62. The highest BCUT2D eigenvalue weighted by atomic mass is 15.3. The lowest BCUT2D eigenvalue weighted by Crippen LogP contribution is -2.54. The van der Waals surface area contributed by atoms with Crippen LogP contribution in [0.25, 0.3) is 0 Å². The van der Waals surface area contributed by atoms with Crippen molar-refractivity contribution >= 4 is 5.69 Å². The zero-order valence-corrected chi connectivity index (χ0v) is 12.9. The van der Waals surface area contributed by atoms with Gasteiger partial charge in [-0.2, -0.15) is 0 Å². The van der Waals surface area contributed by atoms with E-state index in [0.717, 1.165) is 35.1 Å². The maximum Gasteiger partial charge on any atom is 0.0593 e. The first-order valence-corrected chi connectivity index (χ1v) is 7.75. The summed E-state index contributed by atoms with van der Waals surface area (Å²) in [7, 11) is 0. The summed E-state index contributed by atoms with van der Waals surface area (Å²) in [4.78, 5) is 9.86. The van der Waals surface area contributed by atoms with E-state index in [1.807, 2.05) is 13.1 Å². The fourth-order valence-electron chi connectivity index (χ4n) is 3.61. The van der Waals surface area contributed by atoms with Crippen molar-refractivity contribution in [2.24, 2.45) is 0 Å². The van der Waals surface area contributed by atoms with Crippen molar-refractivity contribution in [3.8, 4) is 0 Å². The molecule has 0 bridgehead atoms. The van der Waals surface area contributed by atoms with Gasteiger partial charge in [-0.3, -0.25) is 14.8 Å². The smallest absolute Gasteiger partial charge is 0.0593 e. The Balaban J connectivity index is 1.75. The van der Waals surface area contributed by atoms with Gasteiger partial charge in [0, 0.05) is 43.6 Å². The van der Waals surface area contributed by atoms with Gasteiger partial charge >= 0.3 is 0 Å². The van der Waals surface area contributed by atoms with E-state index in [4.69, 9.17) is 5.73 Å². The molecular formula is C16H26N4. The predicted molar refractivity (Wildman–Crippen MR) is 82.6 cm³/mol. The average molecular weight is 274 g/mol. The Morgan fingerprint density at radius 3 is 2.95 bits per heavy atom. The van der Waals surface area contributed by atoms with Crippen molar-refractivity contribution in [1.82, 2.24) is 14.8 Å². The Kier molecular flexibility index (Phi) is 3.69. The van der Waals surface area contributed by atoms with Gasteiger partial charge in [0.25, 0.3) is 0 Å². The highest BCUT2D eigenvalue weighted by Gasteiger charge is 2.34. The second-order valence-corrected chi connectivity index (χ2v) is 6.50. The fraction of sp³-hybridized carbons (Fsp3) is 0.688. The first-order valence-electron chi connectivity index (χ1n) is 7.75. The molecule has 2 atom stereocenters. The van der Waals surface area contributed by atoms with Crippen LogP contribution in [0.2, 0.25) is 0 Å². The maximum absolute atomic E-state index is 6.14. The Morgan fingerprint density at radius 1 is 1.35 bits per heavy atom. The molecule has 0 saturated carbocycles. The molecule has 0 spiro atoms. The van der Waals surface area contributed by atoms with E-state index in [-0.39, 0.29) is 0 Å². The Bertz CT molecular complexity index is 499. The van der Waals surface area contributed by atoms with E-state index < -0.39 is 0 Å². The molecule has 2 saturated heterocycles. The summed E-state index contributed by atoms with van der Waals surface area (Å²) in [6.45, 7) is 11.1. The maximum atomic E-state index is 6.14. The van der Waals surface area contributed by atoms with Gasteiger partial charge in [0.2, 0.25) is 0 Å². The molecular weight excluding hydrogens is 248 g/mol. The number of aryl methyl sites for hydroxylation is 1. The van der Waals surface area contributed by atoms with Gasteiger partial charge in [0.1, 0.15) is 0 Å². The minimum Gasteiger partial charge on any atom is -0.398 e. The summed E-state index contributed by atoms with van der Waals surface area (Å²) in [5.41, 5.74) is 10.4. The minimum atomic E-state index is 0.605. The van der Waals surface area contributed by atoms with Crippen molar-refractivity contribution in [1.29, 1.82) is 0 Å². The lowest BCUT2D eigenvalue weighted by molar-refractivity contribution is 0.0530. The molecule has 4 heteroatoms. The van der Waals surface area contributed by atoms with E-state index in [1.54, 1.807) is 0 Å². The van der Waals surface area contributed by atoms with Crippen LogP contribution in [0.15, 0.2) is 6.20 Å². The molecule has 0 radical (unpaired) electrons. The topological polar surface area (TPSA) is 45.4 Å². The second-order valence-electron chi connectivity index (χ2n) is 6.50. The standard InChI is InChI=1S/C16H26N4/c1-11-7-18-15(13(3)16(11)17)10-20-9-14-5-4-6-19(14)8-12(20)2/h7,12,14H,4-6,8-10H2,1-3H3,(H2,17,18). The third kappa shape index (κ3) is 2.42. The molecule has 2 aliphatic heterocycles. The van der Waals surface area contributed by atoms with Crippen LogP contribution in [0.5, 0.6) is 0 Å². The van der Waals surface area contributed by atoms with E-state index in [2.05, 4.69) is 28.6 Å². The molecule has 4 nitrogen and oxygen atoms in total. The Hall–Kier alpha value is -1.13. The van der Waals surface area contributed by atoms with Crippen molar-refractivity contribution in [2.45, 2.75) is 52.2 Å². The van der Waals surface area contributed by atoms with Crippen LogP contribution < -0.4 is 5.73 Å². The number of nitrogens with zero attached hydrogens (tertiary/aromatic N) is 3. The van der Waals surface area contributed by atoms with Crippen LogP contribution in [0, 0.1) is 13.8 Å². The van der Waals surface area contributed by atoms with E-state index in [0.29, 0.717) is 6.04 Å². The summed E-state index contributed by atoms with van der Waals surface area (Å²) in [5, 5.41) is 0. The molecule has 2 N–H and O–H groups in total. The molecule has 2 aliphatic rings. The molecule has 0 aliphatic carbocycles. The predicted octanol–water partition coefficient (Wildman–Crippen LogP) is 1.95. The van der Waals surface area contributed by atoms with Crippen LogP contribution in [-0.4, -0.2) is 46.5 Å². The van der Waals surface area contributed by atoms with Crippen LogP contribution in [0.4, 0.5) is 5.69 Å². The molecule has 3 rings (SSSR count). The number of hydrogen-bond acceptors (Lipinski definition) is 4. The molecule has 1 aromatic heterocycles. The fourth-order valence-corrected chi connectivity index (χ4v) is 3.61. The third-order valence-corrected chi connectivity index (χ3v) is 5.10. The van der Waals surface area contributed by atoms with Gasteiger partial charge in [-0.05, 0) is 51.3 Å². The number of aromatic nitrogens is 1. The van der Waals surface area contributed by atoms with Gasteiger partial charge in [-0.15, -0.1) is 0 Å². The number of nitrogens with two attached hydrogens (primary N) is 1. The number of anilines is 1. The lowest BCUT2D eigenvalue weighted by atomic mass is 10.1. The van der Waals surface area contributed by atoms with Crippen LogP contribution in [-0.2, 0) is 6.54 Å². The SMILES string of the molecule is Cc1cnc(CN2CC3CCCN3CC2C)c(C)c1N. The normalized spacial score (nSPS) is 27.8. The summed E-state index contributed by atoms with van der Waals surface area (Å²) >= 11 is 0. The molecule has 0 aromatic carbocycles. The van der Waals surface area contributed by atoms with Crippen molar-refractivity contribution in [3.05, 3.63) is 23.0 Å². The van der Waals surface area contributed by atoms with Gasteiger partial charge in [0.15, 0.2) is 0 Å². The number of fused-ring (bicyclic) bond motifs is 1. The first-order chi connectivity index (χ1) is 9.56. The van der Waals surface area contributed by atoms with Crippen LogP contribution in [0.3, 0.4) is 0 Å². The van der Waals surface area contributed by atoms with Gasteiger partial charge in [-0.25, -0.2) is 0 Å². The minimum absolute atomic E-state index is 0.605. The molecule has 20 heavy (non-hydrogen) atoms. The number of piperazine rings is 1. The highest BCUT2D eigenvalue weighted by Crippen LogP contribution is 2.27. The first kappa shape index (κ1) is 13.8. The van der Waals surface area contributed by atoms with Gasteiger partial charge in [-0.1, -0.05) is 0 Å². The molecule has 2 fully saturated rings. The monoisotopic (exact) mass is 274 g/mol. The summed E-state index contributed by atoms with van der Waals surface area (Å²) < 4.78 is 0. The average Bonchev–Trinajstić information content (AvgIpc) is 2.86. The largest absolute Gasteiger partial charge is 0.398 e. The number of hydrogen-bond donors (Lipinski definition) is 1. The molecule has 1 aromatic rings. The van der Waals surface area contributed by atoms with E-state index in [9.17, 15) is 0 Å². The Labute approximate surface area is 122 Å². The Morgan fingerprint density at radius 2 is 2.15 bits per heavy atom. The second kappa shape index (κ2) is 5.34. The molecule has 2 unspecified atom stereocenters. The quantitative estimate of drug-likeness (QED) is 0.895. The van der Waals surface area contributed by atoms with E-state index >= 15 is 0 Å². The van der Waals surface area contributed by atoms with Gasteiger partial charge in [0.05, 0.1) is 5.69 Å². The van der Waals surface area contributed by atoms with Crippen molar-refractivity contribution in [2.75, 3.05) is 25.4 Å². The number of rotatable bonds is 2. The van der Waals surface area contributed by atoms with Crippen LogP contribution in [0.1, 0.15) is 36.6 Å². The summed E-state index contributed by atoms with van der Waals surface area (Å²) in [5.74, 6) is 0. The highest BCUT2D eigenvalue weighted by molar-refractivity contribution is 5.53. The number of nitrogen functional groups attached to an aromatic ring is 1. The van der Waals surface area contributed by atoms with Crippen LogP contribution >= 0.6 is 0 Å². The molecule has 0 amide bonds. The third-order valence-electron chi connectivity index (χ3n) is 5.10.